The molecule has 3 nitrogen and oxygen atoms in total. The predicted octanol–water partition coefficient (Wildman–Crippen LogP) is 3.74. The fourth-order valence-electron chi connectivity index (χ4n) is 2.50. The first-order chi connectivity index (χ1) is 10.1. The summed E-state index contributed by atoms with van der Waals surface area (Å²) in [6.45, 7) is 1.77. The number of halogens is 1. The van der Waals surface area contributed by atoms with E-state index in [4.69, 9.17) is 0 Å². The number of nitrogens with zero attached hydrogens (tertiary/aromatic N) is 1. The number of hydrogen-bond acceptors (Lipinski definition) is 2. The van der Waals surface area contributed by atoms with E-state index in [2.05, 4.69) is 22.6 Å². The van der Waals surface area contributed by atoms with Gasteiger partial charge in [-0.05, 0) is 59.3 Å². The van der Waals surface area contributed by atoms with Crippen molar-refractivity contribution >= 4 is 33.5 Å². The van der Waals surface area contributed by atoms with Crippen molar-refractivity contribution in [2.45, 2.75) is 13.3 Å². The second kappa shape index (κ2) is 5.52. The van der Waals surface area contributed by atoms with Crippen LogP contribution in [-0.4, -0.2) is 9.94 Å². The van der Waals surface area contributed by atoms with E-state index < -0.39 is 0 Å². The highest BCUT2D eigenvalue weighted by Gasteiger charge is 2.13. The van der Waals surface area contributed by atoms with Crippen LogP contribution in [0.3, 0.4) is 0 Å². The quantitative estimate of drug-likeness (QED) is 0.534. The van der Waals surface area contributed by atoms with Gasteiger partial charge in [0.2, 0.25) is 0 Å². The van der Waals surface area contributed by atoms with Crippen molar-refractivity contribution in [3.8, 4) is 0 Å². The first kappa shape index (κ1) is 14.1. The summed E-state index contributed by atoms with van der Waals surface area (Å²) in [6.07, 6.45) is 0.521. The zero-order valence-corrected chi connectivity index (χ0v) is 13.7. The van der Waals surface area contributed by atoms with Crippen LogP contribution in [-0.2, 0) is 6.42 Å². The van der Waals surface area contributed by atoms with Crippen LogP contribution in [0.5, 0.6) is 0 Å². The number of para-hydroxylation sites is 1. The van der Waals surface area contributed by atoms with Crippen LogP contribution in [0.25, 0.3) is 10.9 Å². The molecule has 0 atom stereocenters. The lowest BCUT2D eigenvalue weighted by atomic mass is 10.0. The summed E-state index contributed by atoms with van der Waals surface area (Å²) in [6, 6.07) is 15.2. The molecule has 4 heteroatoms. The Kier molecular flexibility index (Phi) is 3.71. The molecule has 0 aliphatic heterocycles. The van der Waals surface area contributed by atoms with E-state index >= 15 is 0 Å². The molecule has 0 saturated heterocycles. The molecule has 0 spiro atoms. The van der Waals surface area contributed by atoms with E-state index in [-0.39, 0.29) is 5.43 Å². The third-order valence-corrected chi connectivity index (χ3v) is 4.42. The minimum atomic E-state index is -0.00745. The average Bonchev–Trinajstić information content (AvgIpc) is 2.51. The lowest BCUT2D eigenvalue weighted by Gasteiger charge is -2.12. The van der Waals surface area contributed by atoms with Crippen molar-refractivity contribution in [3.63, 3.8) is 0 Å². The highest BCUT2D eigenvalue weighted by molar-refractivity contribution is 14.1. The minimum Gasteiger partial charge on any atom is -0.428 e. The van der Waals surface area contributed by atoms with E-state index in [1.807, 2.05) is 36.4 Å². The summed E-state index contributed by atoms with van der Waals surface area (Å²) in [5, 5.41) is 10.8. The Bertz CT molecular complexity index is 866. The summed E-state index contributed by atoms with van der Waals surface area (Å²) in [5.74, 6) is 0. The van der Waals surface area contributed by atoms with Crippen LogP contribution in [0.2, 0.25) is 0 Å². The van der Waals surface area contributed by atoms with Crippen LogP contribution in [0.4, 0.5) is 0 Å². The Balaban J connectivity index is 2.18. The molecule has 3 rings (SSSR count). The summed E-state index contributed by atoms with van der Waals surface area (Å²) >= 11 is 2.25. The minimum absolute atomic E-state index is 0.00745. The summed E-state index contributed by atoms with van der Waals surface area (Å²) < 4.78 is 2.27. The van der Waals surface area contributed by atoms with Gasteiger partial charge in [-0.1, -0.05) is 24.3 Å². The number of hydrogen-bond donors (Lipinski definition) is 1. The lowest BCUT2D eigenvalue weighted by molar-refractivity contribution is 0.190. The van der Waals surface area contributed by atoms with Crippen molar-refractivity contribution in [2.75, 3.05) is 0 Å². The normalized spacial score (nSPS) is 11.0. The second-order valence-electron chi connectivity index (χ2n) is 5.03. The molecule has 2 aromatic carbocycles. The maximum atomic E-state index is 12.6. The average molecular weight is 391 g/mol. The van der Waals surface area contributed by atoms with Gasteiger partial charge >= 0.3 is 0 Å². The van der Waals surface area contributed by atoms with Gasteiger partial charge in [-0.2, -0.15) is 4.73 Å². The fourth-order valence-corrected chi connectivity index (χ4v) is 2.86. The Morgan fingerprint density at radius 3 is 2.48 bits per heavy atom. The molecule has 0 fully saturated rings. The van der Waals surface area contributed by atoms with Crippen molar-refractivity contribution in [2.24, 2.45) is 0 Å². The van der Waals surface area contributed by atoms with Gasteiger partial charge in [0.15, 0.2) is 5.43 Å². The van der Waals surface area contributed by atoms with E-state index in [1.165, 1.54) is 0 Å². The first-order valence-electron chi connectivity index (χ1n) is 6.65. The van der Waals surface area contributed by atoms with E-state index in [0.29, 0.717) is 28.6 Å². The van der Waals surface area contributed by atoms with Gasteiger partial charge in [-0.15, -0.1) is 0 Å². The van der Waals surface area contributed by atoms with Gasteiger partial charge in [-0.25, -0.2) is 0 Å². The van der Waals surface area contributed by atoms with Gasteiger partial charge in [0, 0.05) is 20.9 Å². The SMILES string of the molecule is Cc1c(Cc2ccc(I)cc2)c(=O)c2ccccc2n1O. The first-order valence-corrected chi connectivity index (χ1v) is 7.72. The molecule has 1 N–H and O–H groups in total. The lowest BCUT2D eigenvalue weighted by Crippen LogP contribution is -2.18. The van der Waals surface area contributed by atoms with E-state index in [1.54, 1.807) is 19.1 Å². The molecule has 0 radical (unpaired) electrons. The topological polar surface area (TPSA) is 42.2 Å². The number of fused-ring (bicyclic) bond motifs is 1. The Morgan fingerprint density at radius 2 is 1.76 bits per heavy atom. The molecule has 0 unspecified atom stereocenters. The Hall–Kier alpha value is -1.82. The molecule has 1 heterocycles. The van der Waals surface area contributed by atoms with E-state index in [0.717, 1.165) is 13.9 Å². The number of benzene rings is 2. The molecule has 106 valence electrons. The standard InChI is InChI=1S/C17H14INO2/c1-11-15(10-12-6-8-13(18)9-7-12)17(20)14-4-2-3-5-16(14)19(11)21/h2-9,21H,10H2,1H3. The fraction of sp³-hybridized carbons (Fsp3) is 0.118. The van der Waals surface area contributed by atoms with Crippen LogP contribution in [0.15, 0.2) is 53.3 Å². The van der Waals surface area contributed by atoms with Crippen LogP contribution < -0.4 is 5.43 Å². The zero-order chi connectivity index (χ0) is 15.0. The third-order valence-electron chi connectivity index (χ3n) is 3.70. The van der Waals surface area contributed by atoms with Gasteiger partial charge in [-0.3, -0.25) is 4.79 Å². The second-order valence-corrected chi connectivity index (χ2v) is 6.27. The van der Waals surface area contributed by atoms with Crippen LogP contribution >= 0.6 is 22.6 Å². The largest absolute Gasteiger partial charge is 0.428 e. The molecular formula is C17H14INO2. The van der Waals surface area contributed by atoms with Crippen molar-refractivity contribution in [1.82, 2.24) is 4.73 Å². The third kappa shape index (κ3) is 2.55. The molecule has 0 saturated carbocycles. The molecule has 21 heavy (non-hydrogen) atoms. The Morgan fingerprint density at radius 1 is 1.10 bits per heavy atom. The maximum Gasteiger partial charge on any atom is 0.193 e. The van der Waals surface area contributed by atoms with Gasteiger partial charge in [0.1, 0.15) is 0 Å². The zero-order valence-electron chi connectivity index (χ0n) is 11.5. The highest BCUT2D eigenvalue weighted by Crippen LogP contribution is 2.17. The highest BCUT2D eigenvalue weighted by atomic mass is 127. The van der Waals surface area contributed by atoms with Gasteiger partial charge < -0.3 is 5.21 Å². The van der Waals surface area contributed by atoms with Crippen LogP contribution in [0.1, 0.15) is 16.8 Å². The van der Waals surface area contributed by atoms with Crippen molar-refractivity contribution in [3.05, 3.63) is 79.1 Å². The maximum absolute atomic E-state index is 12.6. The molecule has 0 aliphatic carbocycles. The predicted molar refractivity (Wildman–Crippen MR) is 92.1 cm³/mol. The summed E-state index contributed by atoms with van der Waals surface area (Å²) in [5.41, 5.74) is 2.83. The molecule has 3 aromatic rings. The molecule has 0 aliphatic rings. The molecular weight excluding hydrogens is 377 g/mol. The van der Waals surface area contributed by atoms with Crippen molar-refractivity contribution in [1.29, 1.82) is 0 Å². The van der Waals surface area contributed by atoms with Gasteiger partial charge in [0.25, 0.3) is 0 Å². The molecule has 0 bridgehead atoms. The Labute approximate surface area is 136 Å². The summed E-state index contributed by atoms with van der Waals surface area (Å²) in [7, 11) is 0. The number of aromatic nitrogens is 1. The number of rotatable bonds is 2. The monoisotopic (exact) mass is 391 g/mol. The van der Waals surface area contributed by atoms with E-state index in [9.17, 15) is 10.0 Å². The molecule has 1 aromatic heterocycles. The van der Waals surface area contributed by atoms with Gasteiger partial charge in [0.05, 0.1) is 11.2 Å². The van der Waals surface area contributed by atoms with Crippen LogP contribution in [0, 0.1) is 10.5 Å². The number of pyridine rings is 1. The summed E-state index contributed by atoms with van der Waals surface area (Å²) in [4.78, 5) is 12.6. The molecule has 0 amide bonds. The smallest absolute Gasteiger partial charge is 0.193 e. The van der Waals surface area contributed by atoms with Crippen molar-refractivity contribution < 1.29 is 5.21 Å².